The maximum absolute atomic E-state index is 12.5. The molecule has 0 aliphatic carbocycles. The summed E-state index contributed by atoms with van der Waals surface area (Å²) in [7, 11) is -3.77. The van der Waals surface area contributed by atoms with Gasteiger partial charge in [0.25, 0.3) is 0 Å². The lowest BCUT2D eigenvalue weighted by molar-refractivity contribution is -0.177. The van der Waals surface area contributed by atoms with Gasteiger partial charge in [0.05, 0.1) is 11.2 Å². The zero-order valence-electron chi connectivity index (χ0n) is 14.9. The first kappa shape index (κ1) is 20.3. The van der Waals surface area contributed by atoms with Crippen molar-refractivity contribution in [3.63, 3.8) is 0 Å². The Labute approximate surface area is 163 Å². The molecule has 2 aliphatic rings. The molecule has 2 fully saturated rings. The highest BCUT2D eigenvalue weighted by molar-refractivity contribution is 7.93. The van der Waals surface area contributed by atoms with Crippen LogP contribution in [0, 0.1) is 0 Å². The van der Waals surface area contributed by atoms with Crippen molar-refractivity contribution in [2.45, 2.75) is 42.3 Å². The van der Waals surface area contributed by atoms with Crippen molar-refractivity contribution in [2.75, 3.05) is 6.79 Å². The Bertz CT molecular complexity index is 935. The highest BCUT2D eigenvalue weighted by Crippen LogP contribution is 2.46. The van der Waals surface area contributed by atoms with Crippen LogP contribution in [0.15, 0.2) is 16.8 Å². The molecule has 10 nitrogen and oxygen atoms in total. The Morgan fingerprint density at radius 3 is 2.57 bits per heavy atom. The van der Waals surface area contributed by atoms with Crippen LogP contribution in [0.5, 0.6) is 0 Å². The summed E-state index contributed by atoms with van der Waals surface area (Å²) in [5, 5.41) is 11.2. The van der Waals surface area contributed by atoms with E-state index in [1.54, 1.807) is 5.38 Å². The van der Waals surface area contributed by atoms with Crippen LogP contribution in [0.2, 0.25) is 0 Å². The molecule has 0 saturated carbocycles. The second-order valence-corrected chi connectivity index (χ2v) is 10.3. The number of carboxylic acid groups (broad SMARTS) is 1. The van der Waals surface area contributed by atoms with E-state index in [1.807, 2.05) is 0 Å². The quantitative estimate of drug-likeness (QED) is 0.287. The molecule has 28 heavy (non-hydrogen) atoms. The number of esters is 2. The summed E-state index contributed by atoms with van der Waals surface area (Å²) in [5.41, 5.74) is 0.228. The molecular formula is C16H17NO9S2. The van der Waals surface area contributed by atoms with Crippen LogP contribution in [-0.2, 0) is 38.5 Å². The number of carboxylic acids is 1. The average molecular weight is 431 g/mol. The molecule has 0 radical (unpaired) electrons. The molecule has 1 N–H and O–H groups in total. The maximum atomic E-state index is 12.5. The normalized spacial score (nSPS) is 25.4. The number of carbonyl (C=O) groups excluding carboxylic acids is 3. The number of hydrogen-bond donors (Lipinski definition) is 1. The number of nitrogens with zero attached hydrogens (tertiary/aromatic N) is 1. The summed E-state index contributed by atoms with van der Waals surface area (Å²) < 4.78 is 32.9. The van der Waals surface area contributed by atoms with Crippen molar-refractivity contribution < 1.29 is 42.2 Å². The van der Waals surface area contributed by atoms with Gasteiger partial charge in [0.2, 0.25) is 12.7 Å². The minimum absolute atomic E-state index is 0.189. The van der Waals surface area contributed by atoms with Crippen LogP contribution in [0.1, 0.15) is 31.7 Å². The molecule has 0 bridgehead atoms. The van der Waals surface area contributed by atoms with Crippen LogP contribution < -0.4 is 0 Å². The number of rotatable bonds is 6. The van der Waals surface area contributed by atoms with E-state index in [2.05, 4.69) is 0 Å². The van der Waals surface area contributed by atoms with Gasteiger partial charge in [0, 0.05) is 0 Å². The molecule has 152 valence electrons. The van der Waals surface area contributed by atoms with Crippen molar-refractivity contribution >= 4 is 45.0 Å². The number of β-lactam (4-membered cyclic amide) rings is 1. The van der Waals surface area contributed by atoms with E-state index in [9.17, 15) is 32.7 Å². The molecular weight excluding hydrogens is 414 g/mol. The van der Waals surface area contributed by atoms with E-state index < -0.39 is 62.5 Å². The molecule has 3 heterocycles. The number of aliphatic carboxylic acids is 1. The standard InChI is InChI=1S/C16H17NO9S2/c1-16(2)12(17-9(18)5-10(17)28(16,23)24)15(22)26-7-25-14(21)11(13(19)20)8-3-4-27-6-8/h3-4,6,10-12H,5,7H2,1-2H3,(H,19,20)/t10-,11?,12+/m1/s1. The summed E-state index contributed by atoms with van der Waals surface area (Å²) in [4.78, 5) is 48.5. The minimum Gasteiger partial charge on any atom is -0.480 e. The van der Waals surface area contributed by atoms with Gasteiger partial charge in [0.15, 0.2) is 15.8 Å². The molecule has 2 aliphatic heterocycles. The second-order valence-electron chi connectivity index (χ2n) is 6.88. The Morgan fingerprint density at radius 2 is 2.04 bits per heavy atom. The Kier molecular flexibility index (Phi) is 4.96. The van der Waals surface area contributed by atoms with E-state index in [-0.39, 0.29) is 12.0 Å². The lowest BCUT2D eigenvalue weighted by Crippen LogP contribution is -2.57. The third kappa shape index (κ3) is 2.96. The molecule has 3 rings (SSSR count). The predicted molar refractivity (Wildman–Crippen MR) is 93.8 cm³/mol. The fraction of sp³-hybridized carbons (Fsp3) is 0.500. The van der Waals surface area contributed by atoms with Gasteiger partial charge in [-0.15, -0.1) is 0 Å². The number of amides is 1. The van der Waals surface area contributed by atoms with E-state index in [0.29, 0.717) is 0 Å². The molecule has 1 aromatic heterocycles. The molecule has 3 atom stereocenters. The Balaban J connectivity index is 1.65. The van der Waals surface area contributed by atoms with Crippen molar-refractivity contribution in [3.05, 3.63) is 22.4 Å². The molecule has 1 unspecified atom stereocenters. The fourth-order valence-electron chi connectivity index (χ4n) is 3.34. The maximum Gasteiger partial charge on any atom is 0.333 e. The number of hydrogen-bond acceptors (Lipinski definition) is 9. The van der Waals surface area contributed by atoms with Gasteiger partial charge in [-0.2, -0.15) is 11.3 Å². The molecule has 2 saturated heterocycles. The van der Waals surface area contributed by atoms with Crippen LogP contribution in [0.4, 0.5) is 0 Å². The van der Waals surface area contributed by atoms with Crippen molar-refractivity contribution in [3.8, 4) is 0 Å². The van der Waals surface area contributed by atoms with E-state index in [1.165, 1.54) is 36.6 Å². The van der Waals surface area contributed by atoms with Gasteiger partial charge in [-0.25, -0.2) is 13.2 Å². The molecule has 1 amide bonds. The first-order valence-corrected chi connectivity index (χ1v) is 10.6. The highest BCUT2D eigenvalue weighted by atomic mass is 32.2. The van der Waals surface area contributed by atoms with Gasteiger partial charge in [-0.3, -0.25) is 14.4 Å². The largest absolute Gasteiger partial charge is 0.480 e. The number of ether oxygens (including phenoxy) is 2. The molecule has 0 aromatic carbocycles. The van der Waals surface area contributed by atoms with Crippen LogP contribution in [0.25, 0.3) is 0 Å². The monoisotopic (exact) mass is 431 g/mol. The van der Waals surface area contributed by atoms with Gasteiger partial charge in [-0.1, -0.05) is 0 Å². The van der Waals surface area contributed by atoms with E-state index >= 15 is 0 Å². The summed E-state index contributed by atoms with van der Waals surface area (Å²) in [6.07, 6.45) is -0.189. The number of sulfone groups is 1. The van der Waals surface area contributed by atoms with Crippen molar-refractivity contribution in [2.24, 2.45) is 0 Å². The van der Waals surface area contributed by atoms with Crippen LogP contribution >= 0.6 is 11.3 Å². The number of carbonyl (C=O) groups is 4. The minimum atomic E-state index is -3.77. The topological polar surface area (TPSA) is 144 Å². The van der Waals surface area contributed by atoms with Crippen molar-refractivity contribution in [1.29, 1.82) is 0 Å². The molecule has 12 heteroatoms. The highest BCUT2D eigenvalue weighted by Gasteiger charge is 2.68. The Hall–Kier alpha value is -2.47. The number of fused-ring (bicyclic) bond motifs is 1. The predicted octanol–water partition coefficient (Wildman–Crippen LogP) is 0.0942. The average Bonchev–Trinajstić information content (AvgIpc) is 3.13. The smallest absolute Gasteiger partial charge is 0.333 e. The summed E-state index contributed by atoms with van der Waals surface area (Å²) in [6.45, 7) is 1.75. The molecule has 0 spiro atoms. The zero-order chi connectivity index (χ0) is 20.9. The van der Waals surface area contributed by atoms with Crippen LogP contribution in [-0.4, -0.2) is 65.2 Å². The second kappa shape index (κ2) is 6.85. The van der Waals surface area contributed by atoms with E-state index in [4.69, 9.17) is 9.47 Å². The zero-order valence-corrected chi connectivity index (χ0v) is 16.5. The third-order valence-corrected chi connectivity index (χ3v) is 8.46. The van der Waals surface area contributed by atoms with Crippen molar-refractivity contribution in [1.82, 2.24) is 4.90 Å². The summed E-state index contributed by atoms with van der Waals surface area (Å²) in [5.74, 6) is -5.66. The van der Waals surface area contributed by atoms with Gasteiger partial charge in [-0.05, 0) is 36.2 Å². The number of thiophene rings is 1. The first-order chi connectivity index (χ1) is 13.0. The lowest BCUT2D eigenvalue weighted by Gasteiger charge is -2.36. The van der Waals surface area contributed by atoms with Crippen LogP contribution in [0.3, 0.4) is 0 Å². The van der Waals surface area contributed by atoms with Gasteiger partial charge < -0.3 is 19.5 Å². The van der Waals surface area contributed by atoms with E-state index in [0.717, 1.165) is 4.90 Å². The third-order valence-electron chi connectivity index (χ3n) is 4.96. The first-order valence-electron chi connectivity index (χ1n) is 8.13. The van der Waals surface area contributed by atoms with Gasteiger partial charge in [0.1, 0.15) is 11.4 Å². The SMILES string of the molecule is CC1(C)[C@H](C(=O)OCOC(=O)C(C(=O)O)c2ccsc2)N2C(=O)C[C@H]2S1(=O)=O. The lowest BCUT2D eigenvalue weighted by atomic mass is 9.98. The molecule has 1 aromatic rings. The summed E-state index contributed by atoms with van der Waals surface area (Å²) >= 11 is 1.20. The summed E-state index contributed by atoms with van der Waals surface area (Å²) in [6, 6.07) is 0.0905. The van der Waals surface area contributed by atoms with Gasteiger partial charge >= 0.3 is 17.9 Å². The Morgan fingerprint density at radius 1 is 1.36 bits per heavy atom. The fourth-order valence-corrected chi connectivity index (χ4v) is 6.14.